The number of allylic oxidation sites excluding steroid dienone is 3. The Balaban J connectivity index is 1.57. The lowest BCUT2D eigenvalue weighted by atomic mass is 9.68. The van der Waals surface area contributed by atoms with Gasteiger partial charge in [0.15, 0.2) is 0 Å². The van der Waals surface area contributed by atoms with Gasteiger partial charge in [0.1, 0.15) is 13.1 Å². The molecule has 0 unspecified atom stereocenters. The zero-order valence-electron chi connectivity index (χ0n) is 41.1. The van der Waals surface area contributed by atoms with Gasteiger partial charge in [-0.15, -0.1) is 0 Å². The van der Waals surface area contributed by atoms with Gasteiger partial charge in [-0.1, -0.05) is 134 Å². The Hall–Kier alpha value is -6.71. The van der Waals surface area contributed by atoms with E-state index < -0.39 is 0 Å². The van der Waals surface area contributed by atoms with E-state index in [1.807, 2.05) is 48.5 Å². The molecule has 7 rings (SSSR count). The van der Waals surface area contributed by atoms with E-state index in [0.29, 0.717) is 55.8 Å². The molecular weight excluding hydrogens is 837 g/mol. The lowest BCUT2D eigenvalue weighted by Crippen LogP contribution is -2.32. The quantitative estimate of drug-likeness (QED) is 0.0132. The van der Waals surface area contributed by atoms with Crippen LogP contribution in [0.25, 0.3) is 37.5 Å². The van der Waals surface area contributed by atoms with Crippen LogP contribution in [0.3, 0.4) is 0 Å². The summed E-state index contributed by atoms with van der Waals surface area (Å²) < 4.78 is 2.50. The maximum Gasteiger partial charge on any atom is 0.270 e. The fraction of sp³-hybridized carbons (Fsp3) is 0.407. The Morgan fingerprint density at radius 1 is 0.574 bits per heavy atom. The molecule has 5 aromatic rings. The Labute approximate surface area is 405 Å². The van der Waals surface area contributed by atoms with Crippen molar-refractivity contribution >= 4 is 66.8 Å². The molecule has 9 nitrogen and oxygen atoms in total. The van der Waals surface area contributed by atoms with Gasteiger partial charge in [0, 0.05) is 98.1 Å². The van der Waals surface area contributed by atoms with Crippen LogP contribution >= 0.6 is 0 Å². The van der Waals surface area contributed by atoms with E-state index in [9.17, 15) is 5.26 Å². The van der Waals surface area contributed by atoms with E-state index >= 15 is 5.11 Å². The predicted molar refractivity (Wildman–Crippen MR) is 286 cm³/mol. The molecule has 5 aromatic carbocycles. The van der Waals surface area contributed by atoms with Crippen LogP contribution in [-0.4, -0.2) is 36.5 Å². The van der Waals surface area contributed by atoms with Crippen LogP contribution in [0.1, 0.15) is 158 Å². The molecule has 0 fully saturated rings. The number of benzene rings is 5. The number of rotatable bonds is 22. The molecule has 0 aliphatic heterocycles. The van der Waals surface area contributed by atoms with Gasteiger partial charge in [0.25, 0.3) is 5.70 Å². The Morgan fingerprint density at radius 3 is 1.46 bits per heavy atom. The van der Waals surface area contributed by atoms with Gasteiger partial charge in [-0.05, 0) is 73.2 Å². The van der Waals surface area contributed by atoms with Gasteiger partial charge in [0.05, 0.1) is 29.5 Å². The standard InChI is InChI=1S/C59H72N8O/c1-6-10-14-18-34-66(35-19-15-11-7-2)57-39-26-22-30-43(61)48(39)53(49-40(57)27-23-31-44(49)62)55-52(47(38-60)65-5)56(59(55)68)54-50-41(28-24-32-45(50)63)58(42-29-25-33-46(64)51(42)54)67(36-20-16-12-8-3)37-21-17-13-9-4/h22-33H,6-21,34-37,61-64H2,1-4H3. The molecule has 68 heavy (non-hydrogen) atoms. The Kier molecular flexibility index (Phi) is 16.5. The van der Waals surface area contributed by atoms with Crippen LogP contribution in [0.4, 0.5) is 28.4 Å². The maximum absolute atomic E-state index is 15.9. The van der Waals surface area contributed by atoms with Crippen LogP contribution in [-0.2, 0) is 0 Å². The van der Waals surface area contributed by atoms with Crippen molar-refractivity contribution in [1.29, 1.82) is 5.26 Å². The molecule has 0 atom stereocenters. The maximum atomic E-state index is 15.9. The third-order valence-corrected chi connectivity index (χ3v) is 14.1. The van der Waals surface area contributed by atoms with Crippen LogP contribution in [0.2, 0.25) is 0 Å². The molecule has 9 heteroatoms. The lowest BCUT2D eigenvalue weighted by Gasteiger charge is -2.41. The van der Waals surface area contributed by atoms with Crippen LogP contribution in [0.15, 0.2) is 95.4 Å². The van der Waals surface area contributed by atoms with Gasteiger partial charge in [-0.25, -0.2) is 14.7 Å². The molecule has 354 valence electrons. The topological polar surface area (TPSA) is 162 Å². The minimum Gasteiger partial charge on any atom is -0.872 e. The lowest BCUT2D eigenvalue weighted by molar-refractivity contribution is -0.528. The highest BCUT2D eigenvalue weighted by Gasteiger charge is 2.41. The number of nitrogens with two attached hydrogens (primary N) is 4. The molecule has 0 amide bonds. The fourth-order valence-corrected chi connectivity index (χ4v) is 10.8. The minimum atomic E-state index is -0.313. The zero-order valence-corrected chi connectivity index (χ0v) is 41.1. The highest BCUT2D eigenvalue weighted by molar-refractivity contribution is 6.28. The van der Waals surface area contributed by atoms with Gasteiger partial charge < -0.3 is 32.9 Å². The number of unbranched alkanes of at least 4 members (excludes halogenated alkanes) is 12. The molecule has 0 aromatic heterocycles. The van der Waals surface area contributed by atoms with Gasteiger partial charge >= 0.3 is 0 Å². The number of hydrogen-bond donors (Lipinski definition) is 4. The Morgan fingerprint density at radius 2 is 1.01 bits per heavy atom. The van der Waals surface area contributed by atoms with Gasteiger partial charge in [-0.2, -0.15) is 0 Å². The summed E-state index contributed by atoms with van der Waals surface area (Å²) in [5.41, 5.74) is 37.3. The summed E-state index contributed by atoms with van der Waals surface area (Å²) >= 11 is 0. The highest BCUT2D eigenvalue weighted by atomic mass is 16.3. The first-order valence-corrected chi connectivity index (χ1v) is 25.5. The second kappa shape index (κ2) is 22.9. The van der Waals surface area contributed by atoms with Crippen molar-refractivity contribution in [3.8, 4) is 6.07 Å². The third-order valence-electron chi connectivity index (χ3n) is 14.1. The fourth-order valence-electron chi connectivity index (χ4n) is 10.8. The number of nitriles is 1. The molecule has 0 radical (unpaired) electrons. The van der Waals surface area contributed by atoms with Crippen LogP contribution < -0.4 is 32.9 Å². The molecule has 0 heterocycles. The summed E-state index contributed by atoms with van der Waals surface area (Å²) in [5, 5.41) is 30.0. The SMILES string of the molecule is [C-]#[N+]/C(C#N)=C1\C(=C2c3c(N)cccc3C(=[N+](CCCCCC)CCCCCC)c3cccc(N)c32)C([O-])=C1c1c2c(N)cccc2c(N(CCCCCC)CCCCCC)c2cccc(N)c12. The molecule has 0 saturated heterocycles. The van der Waals surface area contributed by atoms with E-state index in [1.165, 1.54) is 25.7 Å². The van der Waals surface area contributed by atoms with E-state index in [0.717, 1.165) is 137 Å². The first kappa shape index (κ1) is 49.2. The Bertz CT molecular complexity index is 2720. The first-order valence-electron chi connectivity index (χ1n) is 25.5. The summed E-state index contributed by atoms with van der Waals surface area (Å²) in [7, 11) is 0. The molecule has 0 spiro atoms. The summed E-state index contributed by atoms with van der Waals surface area (Å²) in [5.74, 6) is -0.313. The number of anilines is 5. The van der Waals surface area contributed by atoms with E-state index in [-0.39, 0.29) is 28.2 Å². The monoisotopic (exact) mass is 909 g/mol. The molecule has 2 aliphatic carbocycles. The molecule has 8 N–H and O–H groups in total. The number of nitrogens with zero attached hydrogens (tertiary/aromatic N) is 4. The van der Waals surface area contributed by atoms with Crippen molar-refractivity contribution in [3.63, 3.8) is 0 Å². The molecule has 2 aliphatic rings. The van der Waals surface area contributed by atoms with Crippen molar-refractivity contribution < 1.29 is 9.68 Å². The largest absolute Gasteiger partial charge is 0.872 e. The van der Waals surface area contributed by atoms with Gasteiger partial charge in [0.2, 0.25) is 5.71 Å². The number of hydrogen-bond acceptors (Lipinski definition) is 7. The zero-order chi connectivity index (χ0) is 48.3. The second-order valence-electron chi connectivity index (χ2n) is 18.8. The summed E-state index contributed by atoms with van der Waals surface area (Å²) in [6.45, 7) is 20.8. The molecular formula is C59H72N8O. The van der Waals surface area contributed by atoms with Crippen LogP contribution in [0, 0.1) is 17.9 Å². The van der Waals surface area contributed by atoms with Gasteiger partial charge in [-0.3, -0.25) is 0 Å². The van der Waals surface area contributed by atoms with E-state index in [2.05, 4.69) is 72.4 Å². The third kappa shape index (κ3) is 9.54. The van der Waals surface area contributed by atoms with Crippen molar-refractivity contribution in [2.24, 2.45) is 0 Å². The average Bonchev–Trinajstić information content (AvgIpc) is 3.33. The summed E-state index contributed by atoms with van der Waals surface area (Å²) in [6.07, 6.45) is 17.9. The average molecular weight is 909 g/mol. The van der Waals surface area contributed by atoms with Crippen molar-refractivity contribution in [2.75, 3.05) is 54.0 Å². The van der Waals surface area contributed by atoms with Crippen molar-refractivity contribution in [3.05, 3.63) is 135 Å². The smallest absolute Gasteiger partial charge is 0.270 e. The van der Waals surface area contributed by atoms with Crippen LogP contribution in [0.5, 0.6) is 0 Å². The molecule has 0 bridgehead atoms. The summed E-state index contributed by atoms with van der Waals surface area (Å²) in [4.78, 5) is 6.35. The van der Waals surface area contributed by atoms with Crippen molar-refractivity contribution in [1.82, 2.24) is 0 Å². The normalized spacial score (nSPS) is 13.9. The second-order valence-corrected chi connectivity index (χ2v) is 18.8. The minimum absolute atomic E-state index is 0.194. The predicted octanol–water partition coefficient (Wildman–Crippen LogP) is 12.9. The number of fused-ring (bicyclic) bond motifs is 4. The number of nitrogen functional groups attached to an aromatic ring is 4. The molecule has 0 saturated carbocycles. The van der Waals surface area contributed by atoms with E-state index in [4.69, 9.17) is 29.5 Å². The first-order chi connectivity index (χ1) is 33.2. The van der Waals surface area contributed by atoms with E-state index in [1.54, 1.807) is 0 Å². The highest BCUT2D eigenvalue weighted by Crippen LogP contribution is 2.57. The summed E-state index contributed by atoms with van der Waals surface area (Å²) in [6, 6.07) is 25.9. The van der Waals surface area contributed by atoms with Crippen molar-refractivity contribution in [2.45, 2.75) is 130 Å².